The zero-order valence-corrected chi connectivity index (χ0v) is 14.6. The van der Waals surface area contributed by atoms with Crippen molar-refractivity contribution >= 4 is 29.3 Å². The third-order valence-electron chi connectivity index (χ3n) is 4.59. The first kappa shape index (κ1) is 18.3. The Kier molecular flexibility index (Phi) is 4.69. The summed E-state index contributed by atoms with van der Waals surface area (Å²) >= 11 is 0. The summed E-state index contributed by atoms with van der Waals surface area (Å²) in [7, 11) is 0. The lowest BCUT2D eigenvalue weighted by Gasteiger charge is -2.18. The number of rotatable bonds is 4. The number of fused-ring (bicyclic) bond motifs is 1. The predicted molar refractivity (Wildman–Crippen MR) is 101 cm³/mol. The average molecular weight is 385 g/mol. The van der Waals surface area contributed by atoms with Gasteiger partial charge in [0.05, 0.1) is 6.61 Å². The maximum Gasteiger partial charge on any atom is 0.280 e. The van der Waals surface area contributed by atoms with Gasteiger partial charge in [0, 0.05) is 0 Å². The standard InChI is InChI=1S/C18H19N5O5/c19-18-21-15-12(16(27)22-18)20-11(7-6-9-4-2-1-3-5-9)23(15)17-14(26)13(25)10(8-24)28-17/h1-7,10,13-14,17,24-26H,8H2,(H3,19,21,22,27)/b7-6+/t10-,13+,14?,17-/m1/s1. The van der Waals surface area contributed by atoms with Gasteiger partial charge in [-0.2, -0.15) is 4.98 Å². The minimum atomic E-state index is -1.36. The van der Waals surface area contributed by atoms with Crippen LogP contribution in [0.25, 0.3) is 23.3 Å². The Balaban J connectivity index is 1.87. The second-order valence-corrected chi connectivity index (χ2v) is 6.44. The number of hydrogen-bond acceptors (Lipinski definition) is 8. The molecule has 4 rings (SSSR count). The molecule has 6 N–H and O–H groups in total. The summed E-state index contributed by atoms with van der Waals surface area (Å²) in [4.78, 5) is 23.1. The van der Waals surface area contributed by atoms with Gasteiger partial charge in [0.25, 0.3) is 5.56 Å². The minimum Gasteiger partial charge on any atom is -0.394 e. The van der Waals surface area contributed by atoms with Crippen LogP contribution >= 0.6 is 0 Å². The molecule has 1 aliphatic heterocycles. The smallest absolute Gasteiger partial charge is 0.280 e. The molecule has 0 radical (unpaired) electrons. The van der Waals surface area contributed by atoms with Crippen molar-refractivity contribution in [1.29, 1.82) is 0 Å². The van der Waals surface area contributed by atoms with E-state index in [1.165, 1.54) is 4.57 Å². The molecule has 0 aliphatic carbocycles. The number of nitrogen functional groups attached to an aromatic ring is 1. The molecule has 0 spiro atoms. The molecule has 3 aromatic rings. The number of aliphatic hydroxyl groups excluding tert-OH is 3. The number of hydrogen-bond donors (Lipinski definition) is 5. The van der Waals surface area contributed by atoms with Crippen molar-refractivity contribution in [3.8, 4) is 0 Å². The number of aliphatic hydroxyl groups is 3. The van der Waals surface area contributed by atoms with Crippen LogP contribution in [0, 0.1) is 0 Å². The van der Waals surface area contributed by atoms with Crippen LogP contribution in [0.15, 0.2) is 35.1 Å². The summed E-state index contributed by atoms with van der Waals surface area (Å²) < 4.78 is 7.00. The van der Waals surface area contributed by atoms with E-state index < -0.39 is 36.7 Å². The van der Waals surface area contributed by atoms with Gasteiger partial charge in [-0.25, -0.2) is 4.98 Å². The molecular formula is C18H19N5O5. The Labute approximate surface area is 158 Å². The fourth-order valence-corrected chi connectivity index (χ4v) is 3.21. The van der Waals surface area contributed by atoms with E-state index in [0.29, 0.717) is 0 Å². The molecule has 1 aromatic carbocycles. The van der Waals surface area contributed by atoms with E-state index >= 15 is 0 Å². The van der Waals surface area contributed by atoms with Crippen molar-refractivity contribution in [1.82, 2.24) is 19.5 Å². The first-order chi connectivity index (χ1) is 13.5. The summed E-state index contributed by atoms with van der Waals surface area (Å²) in [5.41, 5.74) is 6.13. The zero-order chi connectivity index (χ0) is 19.8. The molecule has 28 heavy (non-hydrogen) atoms. The van der Waals surface area contributed by atoms with E-state index in [1.54, 1.807) is 12.2 Å². The Bertz CT molecular complexity index is 1080. The van der Waals surface area contributed by atoms with E-state index in [2.05, 4.69) is 15.0 Å². The highest BCUT2D eigenvalue weighted by Gasteiger charge is 2.44. The molecule has 2 aromatic heterocycles. The molecule has 4 atom stereocenters. The van der Waals surface area contributed by atoms with Gasteiger partial charge in [-0.1, -0.05) is 36.4 Å². The Morgan fingerprint density at radius 2 is 1.93 bits per heavy atom. The highest BCUT2D eigenvalue weighted by Crippen LogP contribution is 2.32. The Morgan fingerprint density at radius 1 is 1.18 bits per heavy atom. The van der Waals surface area contributed by atoms with Crippen molar-refractivity contribution in [2.45, 2.75) is 24.5 Å². The van der Waals surface area contributed by atoms with Crippen LogP contribution in [0.3, 0.4) is 0 Å². The molecule has 146 valence electrons. The number of aromatic nitrogens is 4. The highest BCUT2D eigenvalue weighted by molar-refractivity contribution is 5.77. The van der Waals surface area contributed by atoms with E-state index in [0.717, 1.165) is 5.56 Å². The number of nitrogens with two attached hydrogens (primary N) is 1. The molecule has 3 heterocycles. The van der Waals surface area contributed by atoms with Gasteiger partial charge < -0.3 is 25.8 Å². The van der Waals surface area contributed by atoms with E-state index in [-0.39, 0.29) is 22.9 Å². The number of benzene rings is 1. The largest absolute Gasteiger partial charge is 0.394 e. The van der Waals surface area contributed by atoms with Crippen LogP contribution in [0.1, 0.15) is 17.6 Å². The number of nitrogens with one attached hydrogen (secondary N) is 1. The van der Waals surface area contributed by atoms with Gasteiger partial charge in [-0.3, -0.25) is 14.3 Å². The monoisotopic (exact) mass is 385 g/mol. The summed E-state index contributed by atoms with van der Waals surface area (Å²) in [6.07, 6.45) is -1.35. The van der Waals surface area contributed by atoms with Crippen molar-refractivity contribution in [3.63, 3.8) is 0 Å². The number of H-pyrrole nitrogens is 1. The molecule has 1 unspecified atom stereocenters. The van der Waals surface area contributed by atoms with Gasteiger partial charge in [-0.15, -0.1) is 0 Å². The number of imidazole rings is 1. The molecule has 1 aliphatic rings. The molecule has 0 amide bonds. The minimum absolute atomic E-state index is 0.0136. The quantitative estimate of drug-likeness (QED) is 0.401. The topological polar surface area (TPSA) is 160 Å². The van der Waals surface area contributed by atoms with Crippen LogP contribution in [0.4, 0.5) is 5.95 Å². The number of ether oxygens (including phenoxy) is 1. The van der Waals surface area contributed by atoms with Crippen molar-refractivity contribution in [3.05, 3.63) is 52.1 Å². The summed E-state index contributed by atoms with van der Waals surface area (Å²) in [5, 5.41) is 29.9. The maximum atomic E-state index is 12.3. The normalized spacial score (nSPS) is 25.1. The van der Waals surface area contributed by atoms with Gasteiger partial charge >= 0.3 is 0 Å². The van der Waals surface area contributed by atoms with Gasteiger partial charge in [0.15, 0.2) is 17.4 Å². The van der Waals surface area contributed by atoms with Crippen molar-refractivity contribution < 1.29 is 20.1 Å². The lowest BCUT2D eigenvalue weighted by Crippen LogP contribution is -2.33. The summed E-state index contributed by atoms with van der Waals surface area (Å²) in [6.45, 7) is -0.479. The average Bonchev–Trinajstić information content (AvgIpc) is 3.18. The molecule has 0 bridgehead atoms. The fourth-order valence-electron chi connectivity index (χ4n) is 3.21. The van der Waals surface area contributed by atoms with Gasteiger partial charge in [0.2, 0.25) is 5.95 Å². The summed E-state index contributed by atoms with van der Waals surface area (Å²) in [5.74, 6) is 0.154. The lowest BCUT2D eigenvalue weighted by atomic mass is 10.1. The third kappa shape index (κ3) is 3.08. The van der Waals surface area contributed by atoms with Crippen LogP contribution in [-0.2, 0) is 4.74 Å². The number of nitrogens with zero attached hydrogens (tertiary/aromatic N) is 3. The second-order valence-electron chi connectivity index (χ2n) is 6.44. The van der Waals surface area contributed by atoms with E-state index in [9.17, 15) is 20.1 Å². The molecular weight excluding hydrogens is 366 g/mol. The van der Waals surface area contributed by atoms with E-state index in [1.807, 2.05) is 30.3 Å². The lowest BCUT2D eigenvalue weighted by molar-refractivity contribution is -0.0513. The molecule has 10 nitrogen and oxygen atoms in total. The molecule has 1 saturated heterocycles. The third-order valence-corrected chi connectivity index (χ3v) is 4.59. The highest BCUT2D eigenvalue weighted by atomic mass is 16.6. The van der Waals surface area contributed by atoms with Crippen molar-refractivity contribution in [2.24, 2.45) is 0 Å². The number of anilines is 1. The van der Waals surface area contributed by atoms with Gasteiger partial charge in [0.1, 0.15) is 24.1 Å². The first-order valence-electron chi connectivity index (χ1n) is 8.63. The first-order valence-corrected chi connectivity index (χ1v) is 8.63. The van der Waals surface area contributed by atoms with Gasteiger partial charge in [-0.05, 0) is 11.6 Å². The Hall–Kier alpha value is -3.05. The predicted octanol–water partition coefficient (Wildman–Crippen LogP) is -0.516. The van der Waals surface area contributed by atoms with Crippen LogP contribution in [0.5, 0.6) is 0 Å². The van der Waals surface area contributed by atoms with Crippen LogP contribution < -0.4 is 11.3 Å². The molecule has 1 fully saturated rings. The van der Waals surface area contributed by atoms with Crippen molar-refractivity contribution in [2.75, 3.05) is 12.3 Å². The Morgan fingerprint density at radius 3 is 2.61 bits per heavy atom. The zero-order valence-electron chi connectivity index (χ0n) is 14.6. The SMILES string of the molecule is Nc1nc2c(nc(/C=C/c3ccccc3)n2[C@@H]2O[C@H](CO)[C@H](O)C2O)c(=O)[nH]1. The summed E-state index contributed by atoms with van der Waals surface area (Å²) in [6, 6.07) is 9.42. The number of aromatic amines is 1. The van der Waals surface area contributed by atoms with Crippen LogP contribution in [0.2, 0.25) is 0 Å². The molecule has 10 heteroatoms. The second kappa shape index (κ2) is 7.17. The van der Waals surface area contributed by atoms with E-state index in [4.69, 9.17) is 10.5 Å². The molecule has 0 saturated carbocycles. The maximum absolute atomic E-state index is 12.3. The van der Waals surface area contributed by atoms with Crippen LogP contribution in [-0.4, -0.2) is 59.8 Å². The fraction of sp³-hybridized carbons (Fsp3) is 0.278.